The lowest BCUT2D eigenvalue weighted by atomic mass is 9.98. The molecule has 4 aromatic carbocycles. The largest absolute Gasteiger partial charge is 0.494 e. The number of ether oxygens (including phenoxy) is 1. The zero-order valence-electron chi connectivity index (χ0n) is 17.7. The summed E-state index contributed by atoms with van der Waals surface area (Å²) in [4.78, 5) is 0. The van der Waals surface area contributed by atoms with Crippen molar-refractivity contribution in [2.24, 2.45) is 0 Å². The summed E-state index contributed by atoms with van der Waals surface area (Å²) in [5.41, 5.74) is 7.75. The number of methoxy groups -OCH3 is 1. The van der Waals surface area contributed by atoms with Crippen molar-refractivity contribution < 1.29 is 9.13 Å². The van der Waals surface area contributed by atoms with Crippen LogP contribution in [-0.2, 0) is 12.8 Å². The van der Waals surface area contributed by atoms with Crippen LogP contribution in [0.3, 0.4) is 0 Å². The number of benzene rings is 4. The molecule has 0 aromatic heterocycles. The molecule has 0 aliphatic rings. The summed E-state index contributed by atoms with van der Waals surface area (Å²) in [5.74, 6) is -0.389. The maximum absolute atomic E-state index is 14.3. The Balaban J connectivity index is 1.47. The number of hydrogen-bond acceptors (Lipinski definition) is 1. The molecule has 0 saturated carbocycles. The Hall–Kier alpha value is -3.10. The molecule has 0 spiro atoms. The second-order valence-corrected chi connectivity index (χ2v) is 8.08. The highest BCUT2D eigenvalue weighted by atomic mass is 35.5. The number of aryl methyl sites for hydroxylation is 3. The maximum atomic E-state index is 14.3. The Bertz CT molecular complexity index is 1160. The fourth-order valence-corrected chi connectivity index (χ4v) is 3.93. The zero-order chi connectivity index (χ0) is 21.8. The summed E-state index contributed by atoms with van der Waals surface area (Å²) in [5, 5.41) is 0.0741. The van der Waals surface area contributed by atoms with Crippen LogP contribution in [0, 0.1) is 12.7 Å². The molecule has 4 rings (SSSR count). The fraction of sp³-hybridized carbons (Fsp3) is 0.143. The van der Waals surface area contributed by atoms with Crippen molar-refractivity contribution >= 4 is 11.6 Å². The molecule has 0 radical (unpaired) electrons. The van der Waals surface area contributed by atoms with Gasteiger partial charge in [-0.2, -0.15) is 0 Å². The molecule has 0 aliphatic heterocycles. The van der Waals surface area contributed by atoms with E-state index in [9.17, 15) is 4.39 Å². The number of halogens is 2. The molecule has 0 heterocycles. The van der Waals surface area contributed by atoms with Crippen molar-refractivity contribution in [3.8, 4) is 28.0 Å². The Morgan fingerprint density at radius 2 is 1.16 bits per heavy atom. The summed E-state index contributed by atoms with van der Waals surface area (Å²) < 4.78 is 19.3. The number of hydrogen-bond donors (Lipinski definition) is 0. The molecule has 3 heteroatoms. The maximum Gasteiger partial charge on any atom is 0.184 e. The summed E-state index contributed by atoms with van der Waals surface area (Å²) in [6.07, 6.45) is 2.05. The summed E-state index contributed by atoms with van der Waals surface area (Å²) >= 11 is 6.21. The second kappa shape index (κ2) is 9.36. The molecule has 1 nitrogen and oxygen atoms in total. The Morgan fingerprint density at radius 1 is 0.677 bits per heavy atom. The van der Waals surface area contributed by atoms with E-state index in [1.165, 1.54) is 23.8 Å². The summed E-state index contributed by atoms with van der Waals surface area (Å²) in [6.45, 7) is 2.11. The van der Waals surface area contributed by atoms with Gasteiger partial charge in [0.2, 0.25) is 0 Å². The van der Waals surface area contributed by atoms with E-state index < -0.39 is 5.82 Å². The third-order valence-electron chi connectivity index (χ3n) is 5.57. The van der Waals surface area contributed by atoms with E-state index in [2.05, 4.69) is 55.5 Å². The average Bonchev–Trinajstić information content (AvgIpc) is 2.81. The van der Waals surface area contributed by atoms with Crippen LogP contribution in [0.4, 0.5) is 4.39 Å². The number of rotatable bonds is 6. The molecule has 0 bridgehead atoms. The van der Waals surface area contributed by atoms with Gasteiger partial charge in [0.25, 0.3) is 0 Å². The highest BCUT2D eigenvalue weighted by Gasteiger charge is 2.13. The van der Waals surface area contributed by atoms with Crippen LogP contribution in [0.5, 0.6) is 5.75 Å². The zero-order valence-corrected chi connectivity index (χ0v) is 18.4. The SMILES string of the molecule is COc1ccc(-c2ccc(-c3ccc(CCc4ccc(C)cc4)cc3)cc2)c(Cl)c1F. The lowest BCUT2D eigenvalue weighted by molar-refractivity contribution is 0.387. The van der Waals surface area contributed by atoms with E-state index in [1.54, 1.807) is 12.1 Å². The molecule has 0 saturated heterocycles. The van der Waals surface area contributed by atoms with Crippen molar-refractivity contribution in [3.05, 3.63) is 112 Å². The van der Waals surface area contributed by atoms with Gasteiger partial charge in [-0.3, -0.25) is 0 Å². The normalized spacial score (nSPS) is 10.8. The smallest absolute Gasteiger partial charge is 0.184 e. The minimum atomic E-state index is -0.535. The van der Waals surface area contributed by atoms with Gasteiger partial charge < -0.3 is 4.74 Å². The van der Waals surface area contributed by atoms with Gasteiger partial charge in [-0.25, -0.2) is 4.39 Å². The third kappa shape index (κ3) is 4.81. The topological polar surface area (TPSA) is 9.23 Å². The second-order valence-electron chi connectivity index (χ2n) is 7.70. The standard InChI is InChI=1S/C28H24ClFO/c1-19-3-5-20(6-4-19)7-8-21-9-11-22(12-10-21)23-13-15-24(16-14-23)25-17-18-26(31-2)28(30)27(25)29/h3-6,9-18H,7-8H2,1-2H3. The minimum absolute atomic E-state index is 0.0741. The molecule has 0 fully saturated rings. The third-order valence-corrected chi connectivity index (χ3v) is 5.94. The van der Waals surface area contributed by atoms with Crippen LogP contribution < -0.4 is 4.74 Å². The van der Waals surface area contributed by atoms with Crippen molar-refractivity contribution in [2.75, 3.05) is 7.11 Å². The summed E-state index contributed by atoms with van der Waals surface area (Å²) in [6, 6.07) is 28.8. The fourth-order valence-electron chi connectivity index (χ4n) is 3.66. The Kier molecular flexibility index (Phi) is 6.39. The lowest BCUT2D eigenvalue weighted by Gasteiger charge is -2.10. The van der Waals surface area contributed by atoms with E-state index in [0.29, 0.717) is 5.56 Å². The van der Waals surface area contributed by atoms with Gasteiger partial charge in [0.1, 0.15) is 0 Å². The van der Waals surface area contributed by atoms with Gasteiger partial charge in [0, 0.05) is 5.56 Å². The van der Waals surface area contributed by atoms with Gasteiger partial charge in [-0.1, -0.05) is 90.0 Å². The first-order chi connectivity index (χ1) is 15.0. The highest BCUT2D eigenvalue weighted by molar-refractivity contribution is 6.33. The van der Waals surface area contributed by atoms with Crippen molar-refractivity contribution in [3.63, 3.8) is 0 Å². The highest BCUT2D eigenvalue weighted by Crippen LogP contribution is 2.35. The lowest BCUT2D eigenvalue weighted by Crippen LogP contribution is -1.92. The molecule has 0 atom stereocenters. The predicted molar refractivity (Wildman–Crippen MR) is 127 cm³/mol. The first kappa shape index (κ1) is 21.1. The molecular weight excluding hydrogens is 407 g/mol. The monoisotopic (exact) mass is 430 g/mol. The van der Waals surface area contributed by atoms with E-state index in [1.807, 2.05) is 24.3 Å². The van der Waals surface area contributed by atoms with E-state index >= 15 is 0 Å². The van der Waals surface area contributed by atoms with Crippen LogP contribution >= 0.6 is 11.6 Å². The van der Waals surface area contributed by atoms with E-state index in [0.717, 1.165) is 29.5 Å². The van der Waals surface area contributed by atoms with Gasteiger partial charge in [0.15, 0.2) is 11.6 Å². The average molecular weight is 431 g/mol. The molecule has 31 heavy (non-hydrogen) atoms. The van der Waals surface area contributed by atoms with Crippen molar-refractivity contribution in [1.29, 1.82) is 0 Å². The van der Waals surface area contributed by atoms with Gasteiger partial charge >= 0.3 is 0 Å². The molecule has 4 aromatic rings. The molecule has 0 N–H and O–H groups in total. The van der Waals surface area contributed by atoms with Gasteiger partial charge in [-0.05, 0) is 59.7 Å². The van der Waals surface area contributed by atoms with Crippen LogP contribution in [0.2, 0.25) is 5.02 Å². The Labute approximate surface area is 188 Å². The molecule has 0 unspecified atom stereocenters. The van der Waals surface area contributed by atoms with E-state index in [-0.39, 0.29) is 10.8 Å². The van der Waals surface area contributed by atoms with Crippen molar-refractivity contribution in [1.82, 2.24) is 0 Å². The summed E-state index contributed by atoms with van der Waals surface area (Å²) in [7, 11) is 1.43. The van der Waals surface area contributed by atoms with Gasteiger partial charge in [-0.15, -0.1) is 0 Å². The Morgan fingerprint density at radius 3 is 1.71 bits per heavy atom. The van der Waals surface area contributed by atoms with Crippen LogP contribution in [-0.4, -0.2) is 7.11 Å². The first-order valence-corrected chi connectivity index (χ1v) is 10.7. The predicted octanol–water partition coefficient (Wildman–Crippen LogP) is 7.92. The minimum Gasteiger partial charge on any atom is -0.494 e. The van der Waals surface area contributed by atoms with Gasteiger partial charge in [0.05, 0.1) is 12.1 Å². The molecule has 156 valence electrons. The molecular formula is C28H24ClFO. The molecule has 0 aliphatic carbocycles. The van der Waals surface area contributed by atoms with Crippen LogP contribution in [0.25, 0.3) is 22.3 Å². The van der Waals surface area contributed by atoms with Crippen molar-refractivity contribution in [2.45, 2.75) is 19.8 Å². The van der Waals surface area contributed by atoms with Crippen LogP contribution in [0.1, 0.15) is 16.7 Å². The first-order valence-electron chi connectivity index (χ1n) is 10.3. The van der Waals surface area contributed by atoms with E-state index in [4.69, 9.17) is 16.3 Å². The van der Waals surface area contributed by atoms with Crippen LogP contribution in [0.15, 0.2) is 84.9 Å². The molecule has 0 amide bonds. The quantitative estimate of drug-likeness (QED) is 0.302.